The third kappa shape index (κ3) is 5.09. The number of hydrogen-bond acceptors (Lipinski definition) is 9. The highest BCUT2D eigenvalue weighted by atomic mass is 32.2. The van der Waals surface area contributed by atoms with Gasteiger partial charge in [0.1, 0.15) is 12.1 Å². The van der Waals surface area contributed by atoms with E-state index in [1.165, 1.54) is 6.07 Å². The van der Waals surface area contributed by atoms with Crippen LogP contribution in [0, 0.1) is 22.7 Å². The fourth-order valence-electron chi connectivity index (χ4n) is 1.12. The van der Waals surface area contributed by atoms with Crippen molar-refractivity contribution in [2.24, 2.45) is 0 Å². The molecule has 1 N–H and O–H groups in total. The lowest BCUT2D eigenvalue weighted by Crippen LogP contribution is -2.01. The molecule has 0 aliphatic rings. The molecular weight excluding hydrogens is 304 g/mol. The Morgan fingerprint density at radius 3 is 2.80 bits per heavy atom. The molecule has 1 aromatic carbocycles. The van der Waals surface area contributed by atoms with Crippen LogP contribution in [0.3, 0.4) is 0 Å². The molecule has 104 valence electrons. The summed E-state index contributed by atoms with van der Waals surface area (Å²) in [5, 5.41) is 29.1. The molecule has 0 saturated heterocycles. The summed E-state index contributed by atoms with van der Waals surface area (Å²) in [6.07, 6.45) is 0.0286. The van der Waals surface area contributed by atoms with Gasteiger partial charge < -0.3 is 4.18 Å². The highest BCUT2D eigenvalue weighted by Gasteiger charge is 2.12. The van der Waals surface area contributed by atoms with Gasteiger partial charge in [-0.25, -0.2) is 5.26 Å². The van der Waals surface area contributed by atoms with E-state index < -0.39 is 5.97 Å². The molecular formula is C11H8N2O5S2. The lowest BCUT2D eigenvalue weighted by Gasteiger charge is -2.04. The minimum atomic E-state index is -0.532. The number of hydrogen-bond donors (Lipinski definition) is 1. The first kappa shape index (κ1) is 16.3. The quantitative estimate of drug-likeness (QED) is 0.351. The topological polar surface area (TPSA) is 113 Å². The van der Waals surface area contributed by atoms with Gasteiger partial charge in [0, 0.05) is 17.8 Å². The summed E-state index contributed by atoms with van der Waals surface area (Å²) in [7, 11) is 0. The molecule has 0 fully saturated rings. The summed E-state index contributed by atoms with van der Waals surface area (Å²) in [4.78, 5) is 11.8. The summed E-state index contributed by atoms with van der Waals surface area (Å²) in [5.41, 5.74) is 0.386. The van der Waals surface area contributed by atoms with E-state index in [2.05, 4.69) is 9.37 Å². The van der Waals surface area contributed by atoms with Crippen LogP contribution in [0.4, 0.5) is 0 Å². The summed E-state index contributed by atoms with van der Waals surface area (Å²) in [5.74, 6) is -0.307. The molecule has 0 radical (unpaired) electrons. The minimum Gasteiger partial charge on any atom is -0.386 e. The Bertz CT molecular complexity index is 553. The lowest BCUT2D eigenvalue weighted by atomic mass is 10.1. The Morgan fingerprint density at radius 2 is 2.15 bits per heavy atom. The van der Waals surface area contributed by atoms with Crippen molar-refractivity contribution in [3.8, 4) is 12.1 Å². The van der Waals surface area contributed by atoms with Crippen LogP contribution in [0.5, 0.6) is 0 Å². The Hall–Kier alpha value is -1.75. The van der Waals surface area contributed by atoms with E-state index in [1.54, 1.807) is 12.1 Å². The van der Waals surface area contributed by atoms with Crippen LogP contribution in [-0.2, 0) is 18.3 Å². The highest BCUT2D eigenvalue weighted by Crippen LogP contribution is 2.26. The van der Waals surface area contributed by atoms with Gasteiger partial charge in [0.15, 0.2) is 0 Å². The molecule has 0 bridgehead atoms. The van der Waals surface area contributed by atoms with E-state index in [4.69, 9.17) is 20.0 Å². The molecule has 0 unspecified atom stereocenters. The molecule has 0 aliphatic carbocycles. The first-order chi connectivity index (χ1) is 9.72. The van der Waals surface area contributed by atoms with E-state index in [0.717, 1.165) is 24.1 Å². The number of carbonyl (C=O) groups is 1. The van der Waals surface area contributed by atoms with E-state index >= 15 is 0 Å². The van der Waals surface area contributed by atoms with Gasteiger partial charge in [-0.05, 0) is 12.1 Å². The van der Waals surface area contributed by atoms with Crippen LogP contribution in [0.2, 0.25) is 0 Å². The number of nitriles is 2. The van der Waals surface area contributed by atoms with Crippen molar-refractivity contribution in [1.82, 2.24) is 0 Å². The lowest BCUT2D eigenvalue weighted by molar-refractivity contribution is -0.432. The SMILES string of the molecule is N#Cc1cccc(SOC(=O)CCSOOO)c1C#N. The molecule has 0 aliphatic heterocycles. The zero-order valence-corrected chi connectivity index (χ0v) is 11.6. The van der Waals surface area contributed by atoms with Crippen molar-refractivity contribution in [3.05, 3.63) is 29.3 Å². The number of rotatable bonds is 7. The van der Waals surface area contributed by atoms with Crippen molar-refractivity contribution in [1.29, 1.82) is 10.5 Å². The van der Waals surface area contributed by atoms with Gasteiger partial charge >= 0.3 is 5.97 Å². The van der Waals surface area contributed by atoms with Gasteiger partial charge in [0.25, 0.3) is 0 Å². The van der Waals surface area contributed by atoms with Crippen LogP contribution >= 0.6 is 24.1 Å². The maximum absolute atomic E-state index is 11.4. The molecule has 0 aromatic heterocycles. The normalized spacial score (nSPS) is 9.55. The summed E-state index contributed by atoms with van der Waals surface area (Å²) in [6, 6.07) is 8.47. The molecule has 9 heteroatoms. The van der Waals surface area contributed by atoms with E-state index in [-0.39, 0.29) is 23.3 Å². The van der Waals surface area contributed by atoms with Gasteiger partial charge in [-0.2, -0.15) is 10.5 Å². The maximum atomic E-state index is 11.4. The predicted molar refractivity (Wildman–Crippen MR) is 69.7 cm³/mol. The Labute approximate surface area is 123 Å². The number of nitrogens with zero attached hydrogens (tertiary/aromatic N) is 2. The standard InChI is InChI=1S/C11H8N2O5S2/c12-6-8-2-1-3-10(9(8)7-13)20-16-11(14)4-5-19-18-17-15/h1-3,15H,4-5H2. The van der Waals surface area contributed by atoms with Gasteiger partial charge in [0.05, 0.1) is 34.5 Å². The third-order valence-electron chi connectivity index (χ3n) is 1.95. The molecule has 7 nitrogen and oxygen atoms in total. The first-order valence-electron chi connectivity index (χ1n) is 5.13. The monoisotopic (exact) mass is 312 g/mol. The second-order valence-corrected chi connectivity index (χ2v) is 4.71. The largest absolute Gasteiger partial charge is 0.386 e. The molecule has 0 amide bonds. The van der Waals surface area contributed by atoms with E-state index in [9.17, 15) is 4.79 Å². The van der Waals surface area contributed by atoms with Crippen molar-refractivity contribution in [3.63, 3.8) is 0 Å². The molecule has 0 spiro atoms. The van der Waals surface area contributed by atoms with Gasteiger partial charge in [-0.3, -0.25) is 4.79 Å². The second kappa shape index (κ2) is 9.20. The Morgan fingerprint density at radius 1 is 1.35 bits per heavy atom. The minimum absolute atomic E-state index is 0.0286. The van der Waals surface area contributed by atoms with E-state index in [1.807, 2.05) is 12.1 Å². The highest BCUT2D eigenvalue weighted by molar-refractivity contribution is 7.95. The number of benzene rings is 1. The van der Waals surface area contributed by atoms with Crippen molar-refractivity contribution in [2.45, 2.75) is 11.3 Å². The van der Waals surface area contributed by atoms with E-state index in [0.29, 0.717) is 4.90 Å². The molecule has 0 saturated carbocycles. The van der Waals surface area contributed by atoms with Crippen LogP contribution < -0.4 is 0 Å². The average molecular weight is 312 g/mol. The van der Waals surface area contributed by atoms with Gasteiger partial charge in [-0.1, -0.05) is 11.1 Å². The first-order valence-corrected chi connectivity index (χ1v) is 6.78. The fourth-order valence-corrected chi connectivity index (χ4v) is 2.12. The van der Waals surface area contributed by atoms with Gasteiger partial charge in [-0.15, -0.1) is 4.33 Å². The van der Waals surface area contributed by atoms with Crippen LogP contribution in [0.1, 0.15) is 17.5 Å². The Kier molecular flexibility index (Phi) is 7.50. The van der Waals surface area contributed by atoms with Crippen LogP contribution in [0.15, 0.2) is 23.1 Å². The second-order valence-electron chi connectivity index (χ2n) is 3.16. The third-order valence-corrected chi connectivity index (χ3v) is 3.27. The zero-order chi connectivity index (χ0) is 14.8. The zero-order valence-electron chi connectivity index (χ0n) is 9.94. The summed E-state index contributed by atoms with van der Waals surface area (Å²) in [6.45, 7) is 0. The molecule has 20 heavy (non-hydrogen) atoms. The predicted octanol–water partition coefficient (Wildman–Crippen LogP) is 2.44. The molecule has 0 heterocycles. The van der Waals surface area contributed by atoms with Crippen molar-refractivity contribution < 1.29 is 23.6 Å². The number of carbonyl (C=O) groups excluding carboxylic acids is 1. The van der Waals surface area contributed by atoms with Gasteiger partial charge in [0.2, 0.25) is 0 Å². The van der Waals surface area contributed by atoms with Crippen LogP contribution in [0.25, 0.3) is 0 Å². The van der Waals surface area contributed by atoms with Crippen LogP contribution in [-0.4, -0.2) is 17.0 Å². The summed E-state index contributed by atoms with van der Waals surface area (Å²) >= 11 is 1.46. The summed E-state index contributed by atoms with van der Waals surface area (Å²) < 4.78 is 8.99. The average Bonchev–Trinajstić information content (AvgIpc) is 2.48. The smallest absolute Gasteiger partial charge is 0.319 e. The molecule has 0 atom stereocenters. The van der Waals surface area contributed by atoms with Crippen molar-refractivity contribution in [2.75, 3.05) is 5.75 Å². The Balaban J connectivity index is 2.52. The molecule has 1 aromatic rings. The maximum Gasteiger partial charge on any atom is 0.319 e. The fraction of sp³-hybridized carbons (Fsp3) is 0.182. The molecule has 1 rings (SSSR count). The van der Waals surface area contributed by atoms with Crippen molar-refractivity contribution >= 4 is 30.1 Å².